The number of piperidine rings is 1. The number of hydrogen-bond donors (Lipinski definition) is 3. The number of amides is 5. The number of urea groups is 2. The molecule has 188 valence electrons. The molecule has 5 amide bonds. The van der Waals surface area contributed by atoms with Gasteiger partial charge >= 0.3 is 12.1 Å². The first-order valence-electron chi connectivity index (χ1n) is 12.5. The number of carbonyl (C=O) groups is 3. The summed E-state index contributed by atoms with van der Waals surface area (Å²) in [6.45, 7) is 12.5. The Morgan fingerprint density at radius 1 is 0.882 bits per heavy atom. The van der Waals surface area contributed by atoms with Crippen molar-refractivity contribution in [3.63, 3.8) is 0 Å². The van der Waals surface area contributed by atoms with Gasteiger partial charge in [-0.15, -0.1) is 0 Å². The molecule has 0 spiro atoms. The van der Waals surface area contributed by atoms with Crippen LogP contribution in [0, 0.1) is 0 Å². The van der Waals surface area contributed by atoms with Gasteiger partial charge in [-0.3, -0.25) is 4.79 Å². The molecule has 1 aromatic rings. The number of benzene rings is 1. The van der Waals surface area contributed by atoms with Gasteiger partial charge in [0.2, 0.25) is 0 Å². The van der Waals surface area contributed by atoms with Crippen molar-refractivity contribution in [3.8, 4) is 0 Å². The summed E-state index contributed by atoms with van der Waals surface area (Å²) in [5.74, 6) is 0.000767. The number of hydrogen-bond acceptors (Lipinski definition) is 4. The van der Waals surface area contributed by atoms with Crippen molar-refractivity contribution in [2.75, 3.05) is 56.0 Å². The fraction of sp³-hybridized carbons (Fsp3) is 0.640. The molecular weight excluding hydrogens is 432 g/mol. The summed E-state index contributed by atoms with van der Waals surface area (Å²) in [4.78, 5) is 44.2. The van der Waals surface area contributed by atoms with Crippen LogP contribution in [0.15, 0.2) is 18.2 Å². The number of anilines is 2. The van der Waals surface area contributed by atoms with Crippen LogP contribution in [-0.2, 0) is 0 Å². The fourth-order valence-electron chi connectivity index (χ4n) is 4.43. The smallest absolute Gasteiger partial charge is 0.319 e. The van der Waals surface area contributed by atoms with Gasteiger partial charge in [0.15, 0.2) is 0 Å². The summed E-state index contributed by atoms with van der Waals surface area (Å²) in [5, 5.41) is 8.59. The highest BCUT2D eigenvalue weighted by Gasteiger charge is 2.27. The van der Waals surface area contributed by atoms with Crippen LogP contribution in [0.3, 0.4) is 0 Å². The second-order valence-electron chi connectivity index (χ2n) is 10.1. The Morgan fingerprint density at radius 3 is 2.26 bits per heavy atom. The quantitative estimate of drug-likeness (QED) is 0.625. The predicted molar refractivity (Wildman–Crippen MR) is 136 cm³/mol. The minimum Gasteiger partial charge on any atom is -0.369 e. The van der Waals surface area contributed by atoms with Gasteiger partial charge in [-0.1, -0.05) is 0 Å². The lowest BCUT2D eigenvalue weighted by molar-refractivity contribution is 0.0725. The monoisotopic (exact) mass is 472 g/mol. The Labute approximate surface area is 203 Å². The molecule has 0 atom stereocenters. The highest BCUT2D eigenvalue weighted by molar-refractivity contribution is 6.02. The average molecular weight is 473 g/mol. The molecule has 1 aromatic carbocycles. The van der Waals surface area contributed by atoms with Gasteiger partial charge in [0.25, 0.3) is 5.91 Å². The predicted octanol–water partition coefficient (Wildman–Crippen LogP) is 3.47. The molecule has 0 unspecified atom stereocenters. The molecule has 0 aromatic heterocycles. The molecule has 2 heterocycles. The lowest BCUT2D eigenvalue weighted by atomic mass is 10.1. The van der Waals surface area contributed by atoms with Crippen molar-refractivity contribution in [2.24, 2.45) is 0 Å². The molecule has 34 heavy (non-hydrogen) atoms. The van der Waals surface area contributed by atoms with E-state index in [4.69, 9.17) is 0 Å². The Bertz CT molecular complexity index is 876. The first-order valence-corrected chi connectivity index (χ1v) is 12.5. The summed E-state index contributed by atoms with van der Waals surface area (Å²) >= 11 is 0. The summed E-state index contributed by atoms with van der Waals surface area (Å²) in [5.41, 5.74) is 1.76. The fourth-order valence-corrected chi connectivity index (χ4v) is 4.43. The second kappa shape index (κ2) is 11.4. The first-order chi connectivity index (χ1) is 16.2. The van der Waals surface area contributed by atoms with Gasteiger partial charge < -0.3 is 30.7 Å². The summed E-state index contributed by atoms with van der Waals surface area (Å²) in [6.07, 6.45) is 3.99. The SMILES string of the molecule is CCNC(=O)Nc1ccc(N2CCCN(C(=O)NC(C)(C)C)CC2)c(C(=O)N2CCCCC2)c1. The van der Waals surface area contributed by atoms with Gasteiger partial charge in [-0.05, 0) is 71.6 Å². The largest absolute Gasteiger partial charge is 0.369 e. The standard InChI is InChI=1S/C25H40N6O3/c1-5-26-23(33)27-19-10-11-21(20(18-19)22(32)30-12-7-6-8-13-30)29-14-9-15-31(17-16-29)24(34)28-25(2,3)4/h10-11,18H,5-9,12-17H2,1-4H3,(H,28,34)(H2,26,27,33). The minimum absolute atomic E-state index is 0.000767. The zero-order valence-electron chi connectivity index (χ0n) is 21.1. The Kier molecular flexibility index (Phi) is 8.63. The number of nitrogens with zero attached hydrogens (tertiary/aromatic N) is 3. The lowest BCUT2D eigenvalue weighted by Crippen LogP contribution is -2.49. The second-order valence-corrected chi connectivity index (χ2v) is 10.1. The van der Waals surface area contributed by atoms with Gasteiger partial charge in [-0.2, -0.15) is 0 Å². The molecule has 2 saturated heterocycles. The van der Waals surface area contributed by atoms with Gasteiger partial charge in [0.05, 0.1) is 5.56 Å². The van der Waals surface area contributed by atoms with E-state index < -0.39 is 0 Å². The normalized spacial score (nSPS) is 17.1. The van der Waals surface area contributed by atoms with Crippen molar-refractivity contribution in [1.29, 1.82) is 0 Å². The highest BCUT2D eigenvalue weighted by Crippen LogP contribution is 2.28. The summed E-state index contributed by atoms with van der Waals surface area (Å²) < 4.78 is 0. The van der Waals surface area contributed by atoms with Crippen LogP contribution < -0.4 is 20.9 Å². The first kappa shape index (κ1) is 25.6. The van der Waals surface area contributed by atoms with E-state index in [2.05, 4.69) is 20.9 Å². The summed E-state index contributed by atoms with van der Waals surface area (Å²) in [7, 11) is 0. The molecule has 2 aliphatic rings. The van der Waals surface area contributed by atoms with Crippen molar-refractivity contribution < 1.29 is 14.4 Å². The van der Waals surface area contributed by atoms with Gasteiger partial charge in [0.1, 0.15) is 0 Å². The topological polar surface area (TPSA) is 97.0 Å². The van der Waals surface area contributed by atoms with Crippen LogP contribution >= 0.6 is 0 Å². The minimum atomic E-state index is -0.290. The van der Waals surface area contributed by atoms with Crippen LogP contribution in [0.1, 0.15) is 63.7 Å². The zero-order valence-corrected chi connectivity index (χ0v) is 21.1. The number of nitrogens with one attached hydrogen (secondary N) is 3. The molecule has 2 fully saturated rings. The Hall–Kier alpha value is -2.97. The maximum Gasteiger partial charge on any atom is 0.319 e. The molecule has 0 bridgehead atoms. The van der Waals surface area contributed by atoms with E-state index in [0.29, 0.717) is 37.4 Å². The Balaban J connectivity index is 1.82. The lowest BCUT2D eigenvalue weighted by Gasteiger charge is -2.31. The molecule has 9 heteroatoms. The maximum atomic E-state index is 13.5. The van der Waals surface area contributed by atoms with Gasteiger partial charge in [-0.25, -0.2) is 9.59 Å². The van der Waals surface area contributed by atoms with Crippen molar-refractivity contribution in [1.82, 2.24) is 20.4 Å². The molecular formula is C25H40N6O3. The van der Waals surface area contributed by atoms with Crippen LogP contribution in [0.2, 0.25) is 0 Å². The van der Waals surface area contributed by atoms with Crippen LogP contribution in [0.25, 0.3) is 0 Å². The molecule has 0 aliphatic carbocycles. The molecule has 0 saturated carbocycles. The third-order valence-corrected chi connectivity index (χ3v) is 6.07. The van der Waals surface area contributed by atoms with Crippen molar-refractivity contribution in [3.05, 3.63) is 23.8 Å². The molecule has 9 nitrogen and oxygen atoms in total. The zero-order chi connectivity index (χ0) is 24.7. The molecule has 2 aliphatic heterocycles. The Morgan fingerprint density at radius 2 is 1.59 bits per heavy atom. The molecule has 3 rings (SSSR count). The van der Waals surface area contributed by atoms with E-state index in [1.165, 1.54) is 0 Å². The maximum absolute atomic E-state index is 13.5. The van der Waals surface area contributed by atoms with E-state index in [-0.39, 0.29) is 23.5 Å². The van der Waals surface area contributed by atoms with Crippen LogP contribution in [0.5, 0.6) is 0 Å². The van der Waals surface area contributed by atoms with E-state index in [0.717, 1.165) is 51.0 Å². The number of rotatable bonds is 4. The van der Waals surface area contributed by atoms with Crippen molar-refractivity contribution >= 4 is 29.3 Å². The number of carbonyl (C=O) groups excluding carboxylic acids is 3. The number of likely N-dealkylation sites (tertiary alicyclic amines) is 1. The van der Waals surface area contributed by atoms with E-state index in [9.17, 15) is 14.4 Å². The molecule has 3 N–H and O–H groups in total. The molecule has 0 radical (unpaired) electrons. The highest BCUT2D eigenvalue weighted by atomic mass is 16.2. The van der Waals surface area contributed by atoms with Crippen LogP contribution in [-0.4, -0.2) is 79.1 Å². The van der Waals surface area contributed by atoms with Gasteiger partial charge in [0, 0.05) is 62.7 Å². The third kappa shape index (κ3) is 7.01. The van der Waals surface area contributed by atoms with E-state index in [1.807, 2.05) is 49.6 Å². The van der Waals surface area contributed by atoms with E-state index >= 15 is 0 Å². The third-order valence-electron chi connectivity index (χ3n) is 6.07. The van der Waals surface area contributed by atoms with Crippen LogP contribution in [0.4, 0.5) is 21.0 Å². The summed E-state index contributed by atoms with van der Waals surface area (Å²) in [6, 6.07) is 5.20. The van der Waals surface area contributed by atoms with Crippen molar-refractivity contribution in [2.45, 2.75) is 58.9 Å². The van der Waals surface area contributed by atoms with E-state index in [1.54, 1.807) is 6.07 Å². The average Bonchev–Trinajstić information content (AvgIpc) is 3.04.